The summed E-state index contributed by atoms with van der Waals surface area (Å²) in [7, 11) is 0. The summed E-state index contributed by atoms with van der Waals surface area (Å²) in [5.74, 6) is 2.17. The standard InChI is InChI=1S/C14H15N3O2/c18-10-1-2-11-12(9-19-13(11)7-10)17-6-5-16-4-3-15-14(16)8-17/h1-4,7,12,18H,5-6,8-9H2. The van der Waals surface area contributed by atoms with E-state index in [0.717, 1.165) is 36.8 Å². The van der Waals surface area contributed by atoms with Gasteiger partial charge in [0.2, 0.25) is 0 Å². The van der Waals surface area contributed by atoms with Crippen LogP contribution in [0.3, 0.4) is 0 Å². The zero-order chi connectivity index (χ0) is 12.8. The molecule has 1 aromatic carbocycles. The number of aromatic nitrogens is 2. The summed E-state index contributed by atoms with van der Waals surface area (Å²) in [6.07, 6.45) is 3.89. The first kappa shape index (κ1) is 10.9. The highest BCUT2D eigenvalue weighted by atomic mass is 16.5. The van der Waals surface area contributed by atoms with E-state index in [1.54, 1.807) is 12.1 Å². The second-order valence-corrected chi connectivity index (χ2v) is 5.06. The first-order chi connectivity index (χ1) is 9.31. The molecule has 5 heteroatoms. The predicted octanol–water partition coefficient (Wildman–Crippen LogP) is 1.54. The molecule has 0 spiro atoms. The number of phenolic OH excluding ortho intramolecular Hbond substituents is 1. The van der Waals surface area contributed by atoms with Gasteiger partial charge in [0.15, 0.2) is 0 Å². The van der Waals surface area contributed by atoms with Crippen molar-refractivity contribution in [2.75, 3.05) is 13.2 Å². The van der Waals surface area contributed by atoms with E-state index in [4.69, 9.17) is 4.74 Å². The van der Waals surface area contributed by atoms with Gasteiger partial charge in [0.1, 0.15) is 23.9 Å². The van der Waals surface area contributed by atoms with Crippen LogP contribution in [-0.4, -0.2) is 32.7 Å². The number of rotatable bonds is 1. The molecule has 4 rings (SSSR count). The van der Waals surface area contributed by atoms with Gasteiger partial charge in [0.25, 0.3) is 0 Å². The van der Waals surface area contributed by atoms with Crippen molar-refractivity contribution in [3.63, 3.8) is 0 Å². The first-order valence-corrected chi connectivity index (χ1v) is 6.51. The molecule has 0 saturated carbocycles. The molecule has 5 nitrogen and oxygen atoms in total. The summed E-state index contributed by atoms with van der Waals surface area (Å²) >= 11 is 0. The molecule has 19 heavy (non-hydrogen) atoms. The SMILES string of the molecule is Oc1ccc2c(c1)OCC2N1CCn2ccnc2C1. The van der Waals surface area contributed by atoms with E-state index in [1.807, 2.05) is 18.5 Å². The van der Waals surface area contributed by atoms with Crippen LogP contribution in [0.15, 0.2) is 30.6 Å². The molecule has 0 fully saturated rings. The molecule has 2 aliphatic rings. The van der Waals surface area contributed by atoms with Crippen molar-refractivity contribution in [1.82, 2.24) is 14.5 Å². The third kappa shape index (κ3) is 1.69. The Kier molecular flexibility index (Phi) is 2.29. The quantitative estimate of drug-likeness (QED) is 0.842. The highest BCUT2D eigenvalue weighted by Gasteiger charge is 2.32. The molecule has 0 saturated heterocycles. The number of aromatic hydroxyl groups is 1. The summed E-state index contributed by atoms with van der Waals surface area (Å²) in [5.41, 5.74) is 1.16. The Labute approximate surface area is 111 Å². The largest absolute Gasteiger partial charge is 0.508 e. The van der Waals surface area contributed by atoms with Gasteiger partial charge >= 0.3 is 0 Å². The van der Waals surface area contributed by atoms with Gasteiger partial charge in [0, 0.05) is 37.1 Å². The highest BCUT2D eigenvalue weighted by Crippen LogP contribution is 2.39. The Balaban J connectivity index is 1.63. The van der Waals surface area contributed by atoms with Crippen LogP contribution in [0.1, 0.15) is 17.4 Å². The van der Waals surface area contributed by atoms with E-state index >= 15 is 0 Å². The van der Waals surface area contributed by atoms with Gasteiger partial charge in [-0.2, -0.15) is 0 Å². The van der Waals surface area contributed by atoms with Gasteiger partial charge in [-0.05, 0) is 12.1 Å². The van der Waals surface area contributed by atoms with Crippen LogP contribution in [0.5, 0.6) is 11.5 Å². The molecule has 98 valence electrons. The van der Waals surface area contributed by atoms with Crippen LogP contribution in [0.4, 0.5) is 0 Å². The summed E-state index contributed by atoms with van der Waals surface area (Å²) in [5, 5.41) is 9.49. The Hall–Kier alpha value is -2.01. The van der Waals surface area contributed by atoms with Crippen LogP contribution in [-0.2, 0) is 13.1 Å². The van der Waals surface area contributed by atoms with E-state index < -0.39 is 0 Å². The van der Waals surface area contributed by atoms with Crippen molar-refractivity contribution in [2.45, 2.75) is 19.1 Å². The zero-order valence-electron chi connectivity index (χ0n) is 10.5. The van der Waals surface area contributed by atoms with Crippen molar-refractivity contribution >= 4 is 0 Å². The number of ether oxygens (including phenoxy) is 1. The van der Waals surface area contributed by atoms with Gasteiger partial charge in [-0.25, -0.2) is 4.98 Å². The smallest absolute Gasteiger partial charge is 0.127 e. The van der Waals surface area contributed by atoms with Gasteiger partial charge in [0.05, 0.1) is 12.6 Å². The van der Waals surface area contributed by atoms with E-state index in [9.17, 15) is 5.11 Å². The summed E-state index contributed by atoms with van der Waals surface area (Å²) < 4.78 is 7.88. The maximum Gasteiger partial charge on any atom is 0.127 e. The van der Waals surface area contributed by atoms with Gasteiger partial charge < -0.3 is 14.4 Å². The number of hydrogen-bond donors (Lipinski definition) is 1. The normalized spacial score (nSPS) is 21.8. The molecule has 1 N–H and O–H groups in total. The highest BCUT2D eigenvalue weighted by molar-refractivity contribution is 5.44. The van der Waals surface area contributed by atoms with Crippen molar-refractivity contribution in [3.05, 3.63) is 42.0 Å². The maximum atomic E-state index is 9.49. The van der Waals surface area contributed by atoms with Crippen LogP contribution in [0.2, 0.25) is 0 Å². The lowest BCUT2D eigenvalue weighted by molar-refractivity contribution is 0.129. The lowest BCUT2D eigenvalue weighted by atomic mass is 10.1. The van der Waals surface area contributed by atoms with Crippen molar-refractivity contribution < 1.29 is 9.84 Å². The lowest BCUT2D eigenvalue weighted by Crippen LogP contribution is -2.37. The molecular weight excluding hydrogens is 242 g/mol. The molecular formula is C14H15N3O2. The molecule has 0 aliphatic carbocycles. The fourth-order valence-corrected chi connectivity index (χ4v) is 2.94. The molecule has 1 atom stereocenters. The number of fused-ring (bicyclic) bond motifs is 2. The van der Waals surface area contributed by atoms with E-state index in [0.29, 0.717) is 6.61 Å². The number of phenols is 1. The van der Waals surface area contributed by atoms with Gasteiger partial charge in [-0.15, -0.1) is 0 Å². The average molecular weight is 257 g/mol. The zero-order valence-corrected chi connectivity index (χ0v) is 10.5. The minimum absolute atomic E-state index is 0.258. The van der Waals surface area contributed by atoms with Crippen LogP contribution in [0.25, 0.3) is 0 Å². The number of benzene rings is 1. The Morgan fingerprint density at radius 3 is 3.21 bits per heavy atom. The van der Waals surface area contributed by atoms with Crippen molar-refractivity contribution in [2.24, 2.45) is 0 Å². The topological polar surface area (TPSA) is 50.5 Å². The Morgan fingerprint density at radius 2 is 2.26 bits per heavy atom. The minimum Gasteiger partial charge on any atom is -0.508 e. The Bertz CT molecular complexity index is 623. The lowest BCUT2D eigenvalue weighted by Gasteiger charge is -2.31. The predicted molar refractivity (Wildman–Crippen MR) is 69.0 cm³/mol. The number of imidazole rings is 1. The van der Waals surface area contributed by atoms with Crippen molar-refractivity contribution in [1.29, 1.82) is 0 Å². The fraction of sp³-hybridized carbons (Fsp3) is 0.357. The minimum atomic E-state index is 0.258. The molecule has 1 aromatic heterocycles. The maximum absolute atomic E-state index is 9.49. The van der Waals surface area contributed by atoms with E-state index in [2.05, 4.69) is 14.5 Å². The number of hydrogen-bond acceptors (Lipinski definition) is 4. The molecule has 0 bridgehead atoms. The molecule has 2 aromatic rings. The molecule has 2 aliphatic heterocycles. The summed E-state index contributed by atoms with van der Waals surface area (Å²) in [6, 6.07) is 5.65. The molecule has 3 heterocycles. The van der Waals surface area contributed by atoms with E-state index in [1.165, 1.54) is 0 Å². The fourth-order valence-electron chi connectivity index (χ4n) is 2.94. The second-order valence-electron chi connectivity index (χ2n) is 5.06. The van der Waals surface area contributed by atoms with Crippen LogP contribution >= 0.6 is 0 Å². The van der Waals surface area contributed by atoms with E-state index in [-0.39, 0.29) is 11.8 Å². The third-order valence-corrected chi connectivity index (χ3v) is 3.97. The Morgan fingerprint density at radius 1 is 1.32 bits per heavy atom. The van der Waals surface area contributed by atoms with Gasteiger partial charge in [-0.3, -0.25) is 4.90 Å². The molecule has 1 unspecified atom stereocenters. The van der Waals surface area contributed by atoms with Crippen LogP contribution < -0.4 is 4.74 Å². The van der Waals surface area contributed by atoms with Crippen molar-refractivity contribution in [3.8, 4) is 11.5 Å². The molecule has 0 amide bonds. The molecule has 0 radical (unpaired) electrons. The third-order valence-electron chi connectivity index (χ3n) is 3.97. The summed E-state index contributed by atoms with van der Waals surface area (Å²) in [4.78, 5) is 6.78. The van der Waals surface area contributed by atoms with Gasteiger partial charge in [-0.1, -0.05) is 0 Å². The average Bonchev–Trinajstić information content (AvgIpc) is 3.02. The monoisotopic (exact) mass is 257 g/mol. The second kappa shape index (κ2) is 3.99. The first-order valence-electron chi connectivity index (χ1n) is 6.51. The van der Waals surface area contributed by atoms with Crippen LogP contribution in [0, 0.1) is 0 Å². The number of nitrogens with zero attached hydrogens (tertiary/aromatic N) is 3. The summed E-state index contributed by atoms with van der Waals surface area (Å²) in [6.45, 7) is 3.47.